The Morgan fingerprint density at radius 3 is 2.81 bits per heavy atom. The molecule has 3 rings (SSSR count). The van der Waals surface area contributed by atoms with E-state index in [1.54, 1.807) is 6.07 Å². The summed E-state index contributed by atoms with van der Waals surface area (Å²) in [5.74, 6) is -0.428. The van der Waals surface area contributed by atoms with Crippen molar-refractivity contribution in [3.8, 4) is 0 Å². The van der Waals surface area contributed by atoms with Gasteiger partial charge in [0.15, 0.2) is 0 Å². The number of hydrogen-bond acceptors (Lipinski definition) is 3. The lowest BCUT2D eigenvalue weighted by molar-refractivity contribution is 0.100. The Bertz CT molecular complexity index is 700. The minimum absolute atomic E-state index is 0.428. The van der Waals surface area contributed by atoms with Crippen molar-refractivity contribution < 1.29 is 4.79 Å². The minimum atomic E-state index is -0.428. The zero-order valence-corrected chi connectivity index (χ0v) is 13.0. The third kappa shape index (κ3) is 3.09. The number of benzene rings is 2. The van der Waals surface area contributed by atoms with Crippen molar-refractivity contribution in [1.82, 2.24) is 5.32 Å². The summed E-state index contributed by atoms with van der Waals surface area (Å²) in [7, 11) is 0. The molecule has 0 aliphatic carbocycles. The topological polar surface area (TPSA) is 67.2 Å². The summed E-state index contributed by atoms with van der Waals surface area (Å²) >= 11 is 3.41. The van der Waals surface area contributed by atoms with E-state index in [0.717, 1.165) is 23.2 Å². The van der Waals surface area contributed by atoms with Gasteiger partial charge in [-0.15, -0.1) is 0 Å². The van der Waals surface area contributed by atoms with E-state index >= 15 is 0 Å². The number of carbonyl (C=O) groups excluding carboxylic acids is 1. The molecule has 0 radical (unpaired) electrons. The lowest BCUT2D eigenvalue weighted by Crippen LogP contribution is -2.14. The van der Waals surface area contributed by atoms with Crippen LogP contribution in [-0.4, -0.2) is 5.91 Å². The van der Waals surface area contributed by atoms with Gasteiger partial charge in [0.05, 0.1) is 5.56 Å². The molecule has 0 atom stereocenters. The highest BCUT2D eigenvalue weighted by molar-refractivity contribution is 9.10. The highest BCUT2D eigenvalue weighted by Gasteiger charge is 2.11. The fourth-order valence-corrected chi connectivity index (χ4v) is 2.89. The number of amides is 1. The van der Waals surface area contributed by atoms with Gasteiger partial charge in [-0.2, -0.15) is 0 Å². The Hall–Kier alpha value is -1.85. The highest BCUT2D eigenvalue weighted by Crippen LogP contribution is 2.23. The van der Waals surface area contributed by atoms with Gasteiger partial charge in [-0.3, -0.25) is 4.79 Å². The molecule has 0 bridgehead atoms. The number of rotatable bonds is 4. The molecule has 0 fully saturated rings. The Kier molecular flexibility index (Phi) is 3.94. The first-order chi connectivity index (χ1) is 10.1. The Morgan fingerprint density at radius 2 is 2.00 bits per heavy atom. The van der Waals surface area contributed by atoms with Crippen molar-refractivity contribution in [2.75, 3.05) is 5.32 Å². The molecular weight excluding hydrogens is 330 g/mol. The molecule has 4 nitrogen and oxygen atoms in total. The molecule has 0 unspecified atom stereocenters. The Labute approximate surface area is 131 Å². The number of halogens is 1. The fraction of sp³-hybridized carbons (Fsp3) is 0.188. The molecule has 0 spiro atoms. The van der Waals surface area contributed by atoms with Gasteiger partial charge in [0, 0.05) is 29.8 Å². The summed E-state index contributed by atoms with van der Waals surface area (Å²) in [6.45, 7) is 2.52. The van der Waals surface area contributed by atoms with Crippen LogP contribution in [0.25, 0.3) is 0 Å². The van der Waals surface area contributed by atoms with E-state index in [9.17, 15) is 4.79 Å². The lowest BCUT2D eigenvalue weighted by Gasteiger charge is -2.11. The molecular formula is C16H16BrN3O. The molecule has 2 aromatic carbocycles. The van der Waals surface area contributed by atoms with E-state index in [4.69, 9.17) is 5.73 Å². The van der Waals surface area contributed by atoms with E-state index < -0.39 is 5.91 Å². The second kappa shape index (κ2) is 5.87. The molecule has 5 heteroatoms. The van der Waals surface area contributed by atoms with Gasteiger partial charge >= 0.3 is 0 Å². The van der Waals surface area contributed by atoms with Crippen molar-refractivity contribution in [1.29, 1.82) is 0 Å². The van der Waals surface area contributed by atoms with Crippen LogP contribution in [0, 0.1) is 0 Å². The molecule has 1 amide bonds. The summed E-state index contributed by atoms with van der Waals surface area (Å²) in [5, 5.41) is 6.62. The Balaban J connectivity index is 1.78. The molecule has 1 heterocycles. The number of carbonyl (C=O) groups is 1. The molecule has 1 aliphatic heterocycles. The second-order valence-electron chi connectivity index (χ2n) is 5.11. The second-order valence-corrected chi connectivity index (χ2v) is 6.03. The third-order valence-corrected chi connectivity index (χ3v) is 4.12. The van der Waals surface area contributed by atoms with Gasteiger partial charge in [-0.05, 0) is 34.9 Å². The predicted molar refractivity (Wildman–Crippen MR) is 87.0 cm³/mol. The first-order valence-electron chi connectivity index (χ1n) is 6.78. The molecule has 108 valence electrons. The molecule has 4 N–H and O–H groups in total. The molecule has 0 aromatic heterocycles. The van der Waals surface area contributed by atoms with Gasteiger partial charge in [-0.25, -0.2) is 0 Å². The number of anilines is 1. The van der Waals surface area contributed by atoms with Gasteiger partial charge in [-0.1, -0.05) is 34.1 Å². The van der Waals surface area contributed by atoms with Crippen LogP contribution >= 0.6 is 15.9 Å². The van der Waals surface area contributed by atoms with E-state index in [1.165, 1.54) is 16.7 Å². The largest absolute Gasteiger partial charge is 0.380 e. The molecule has 0 saturated carbocycles. The number of primary amides is 1. The summed E-state index contributed by atoms with van der Waals surface area (Å²) < 4.78 is 0.910. The monoisotopic (exact) mass is 345 g/mol. The first-order valence-corrected chi connectivity index (χ1v) is 7.57. The molecule has 1 aliphatic rings. The lowest BCUT2D eigenvalue weighted by atomic mass is 10.1. The van der Waals surface area contributed by atoms with Crippen molar-refractivity contribution >= 4 is 27.5 Å². The van der Waals surface area contributed by atoms with Crippen LogP contribution < -0.4 is 16.4 Å². The van der Waals surface area contributed by atoms with E-state index in [-0.39, 0.29) is 0 Å². The summed E-state index contributed by atoms with van der Waals surface area (Å²) in [5.41, 5.74) is 10.5. The average molecular weight is 346 g/mol. The predicted octanol–water partition coefficient (Wildman–Crippen LogP) is 2.76. The van der Waals surface area contributed by atoms with Crippen molar-refractivity contribution in [3.05, 3.63) is 63.1 Å². The third-order valence-electron chi connectivity index (χ3n) is 3.63. The van der Waals surface area contributed by atoms with Crippen LogP contribution in [0.4, 0.5) is 5.69 Å². The van der Waals surface area contributed by atoms with Gasteiger partial charge in [0.25, 0.3) is 5.91 Å². The summed E-state index contributed by atoms with van der Waals surface area (Å²) in [4.78, 5) is 11.5. The minimum Gasteiger partial charge on any atom is -0.380 e. The normalized spacial score (nSPS) is 13.0. The van der Waals surface area contributed by atoms with Crippen LogP contribution in [0.15, 0.2) is 40.9 Å². The quantitative estimate of drug-likeness (QED) is 0.798. The number of nitrogens with one attached hydrogen (secondary N) is 2. The standard InChI is InChI=1S/C16H16BrN3O/c17-13-3-4-14(16(18)21)15(6-13)20-7-10-1-2-11-8-19-9-12(11)5-10/h1-6,19-20H,7-9H2,(H2,18,21). The van der Waals surface area contributed by atoms with E-state index in [0.29, 0.717) is 12.1 Å². The van der Waals surface area contributed by atoms with E-state index in [1.807, 2.05) is 12.1 Å². The van der Waals surface area contributed by atoms with E-state index in [2.05, 4.69) is 44.8 Å². The van der Waals surface area contributed by atoms with Crippen LogP contribution in [0.5, 0.6) is 0 Å². The van der Waals surface area contributed by atoms with Crippen LogP contribution in [-0.2, 0) is 19.6 Å². The van der Waals surface area contributed by atoms with Crippen molar-refractivity contribution in [3.63, 3.8) is 0 Å². The maximum atomic E-state index is 11.5. The zero-order valence-electron chi connectivity index (χ0n) is 11.4. The molecule has 21 heavy (non-hydrogen) atoms. The number of nitrogens with two attached hydrogens (primary N) is 1. The maximum absolute atomic E-state index is 11.5. The Morgan fingerprint density at radius 1 is 1.19 bits per heavy atom. The average Bonchev–Trinajstić information content (AvgIpc) is 2.92. The van der Waals surface area contributed by atoms with Gasteiger partial charge < -0.3 is 16.4 Å². The number of hydrogen-bond donors (Lipinski definition) is 3. The number of fused-ring (bicyclic) bond motifs is 1. The highest BCUT2D eigenvalue weighted by atomic mass is 79.9. The summed E-state index contributed by atoms with van der Waals surface area (Å²) in [6, 6.07) is 11.9. The summed E-state index contributed by atoms with van der Waals surface area (Å²) in [6.07, 6.45) is 0. The fourth-order valence-electron chi connectivity index (χ4n) is 2.53. The SMILES string of the molecule is NC(=O)c1ccc(Br)cc1NCc1ccc2c(c1)CNC2. The van der Waals surface area contributed by atoms with Crippen LogP contribution in [0.3, 0.4) is 0 Å². The van der Waals surface area contributed by atoms with Crippen molar-refractivity contribution in [2.24, 2.45) is 5.73 Å². The first kappa shape index (κ1) is 14.1. The van der Waals surface area contributed by atoms with Gasteiger partial charge in [0.2, 0.25) is 0 Å². The smallest absolute Gasteiger partial charge is 0.250 e. The van der Waals surface area contributed by atoms with Gasteiger partial charge in [0.1, 0.15) is 0 Å². The van der Waals surface area contributed by atoms with Crippen molar-refractivity contribution in [2.45, 2.75) is 19.6 Å². The maximum Gasteiger partial charge on any atom is 0.250 e. The molecule has 0 saturated heterocycles. The molecule has 2 aromatic rings. The van der Waals surface area contributed by atoms with Crippen LogP contribution in [0.1, 0.15) is 27.0 Å². The zero-order chi connectivity index (χ0) is 14.8. The van der Waals surface area contributed by atoms with Crippen LogP contribution in [0.2, 0.25) is 0 Å².